The normalized spacial score (nSPS) is 24.6. The number of piperidine rings is 1. The van der Waals surface area contributed by atoms with E-state index in [1.165, 1.54) is 19.3 Å². The largest absolute Gasteiger partial charge is 0.368 e. The molecular weight excluding hydrogens is 318 g/mol. The Kier molecular flexibility index (Phi) is 5.01. The highest BCUT2D eigenvalue weighted by Crippen LogP contribution is 2.21. The van der Waals surface area contributed by atoms with Crippen LogP contribution < -0.4 is 9.80 Å². The van der Waals surface area contributed by atoms with Crippen LogP contribution in [-0.2, 0) is 9.53 Å². The zero-order valence-electron chi connectivity index (χ0n) is 14.8. The van der Waals surface area contributed by atoms with Crippen molar-refractivity contribution in [3.63, 3.8) is 0 Å². The smallest absolute Gasteiger partial charge is 0.251 e. The van der Waals surface area contributed by atoms with Gasteiger partial charge < -0.3 is 19.4 Å². The molecule has 0 bridgehead atoms. The molecule has 1 aromatic rings. The lowest BCUT2D eigenvalue weighted by atomic mass is 10.1. The summed E-state index contributed by atoms with van der Waals surface area (Å²) in [5.74, 6) is 2.05. The van der Waals surface area contributed by atoms with Gasteiger partial charge in [-0.1, -0.05) is 0 Å². The molecule has 4 rings (SSSR count). The fraction of sp³-hybridized carbons (Fsp3) is 0.722. The van der Waals surface area contributed by atoms with E-state index in [1.54, 1.807) is 0 Å². The standard InChI is InChI=1S/C18H27N5O2/c24-18(15-5-4-14-25-15)23-12-10-22(11-13-23)17-7-6-16(19-20-17)21-8-2-1-3-9-21/h6-7,15H,1-5,8-14H2. The van der Waals surface area contributed by atoms with E-state index in [-0.39, 0.29) is 12.0 Å². The van der Waals surface area contributed by atoms with Gasteiger partial charge in [0, 0.05) is 45.9 Å². The number of carbonyl (C=O) groups is 1. The molecule has 3 fully saturated rings. The maximum atomic E-state index is 12.4. The van der Waals surface area contributed by atoms with Gasteiger partial charge in [-0.15, -0.1) is 10.2 Å². The molecule has 7 nitrogen and oxygen atoms in total. The van der Waals surface area contributed by atoms with Crippen LogP contribution in [-0.4, -0.2) is 73.0 Å². The Morgan fingerprint density at radius 2 is 1.52 bits per heavy atom. The fourth-order valence-electron chi connectivity index (χ4n) is 3.91. The Labute approximate surface area is 148 Å². The van der Waals surface area contributed by atoms with Gasteiger partial charge in [0.05, 0.1) is 0 Å². The summed E-state index contributed by atoms with van der Waals surface area (Å²) in [6, 6.07) is 4.14. The molecule has 0 N–H and O–H groups in total. The molecule has 4 heterocycles. The molecule has 7 heteroatoms. The molecule has 3 saturated heterocycles. The molecule has 0 radical (unpaired) electrons. The van der Waals surface area contributed by atoms with E-state index < -0.39 is 0 Å². The van der Waals surface area contributed by atoms with Crippen molar-refractivity contribution in [3.05, 3.63) is 12.1 Å². The summed E-state index contributed by atoms with van der Waals surface area (Å²) < 4.78 is 5.52. The molecule has 136 valence electrons. The predicted octanol–water partition coefficient (Wildman–Crippen LogP) is 1.29. The molecule has 0 aromatic carbocycles. The second-order valence-corrected chi connectivity index (χ2v) is 7.11. The van der Waals surface area contributed by atoms with Gasteiger partial charge in [-0.2, -0.15) is 0 Å². The number of rotatable bonds is 3. The Bertz CT molecular complexity index is 574. The van der Waals surface area contributed by atoms with Crippen LogP contribution in [0.2, 0.25) is 0 Å². The number of nitrogens with zero attached hydrogens (tertiary/aromatic N) is 5. The van der Waals surface area contributed by atoms with Gasteiger partial charge in [-0.05, 0) is 44.2 Å². The van der Waals surface area contributed by atoms with Gasteiger partial charge in [0.25, 0.3) is 5.91 Å². The Balaban J connectivity index is 1.32. The summed E-state index contributed by atoms with van der Waals surface area (Å²) in [6.45, 7) is 5.94. The number of anilines is 2. The summed E-state index contributed by atoms with van der Waals surface area (Å²) in [5, 5.41) is 8.86. The van der Waals surface area contributed by atoms with E-state index in [4.69, 9.17) is 4.74 Å². The fourth-order valence-corrected chi connectivity index (χ4v) is 3.91. The number of piperazine rings is 1. The second kappa shape index (κ2) is 7.56. The highest BCUT2D eigenvalue weighted by molar-refractivity contribution is 5.81. The van der Waals surface area contributed by atoms with E-state index in [1.807, 2.05) is 4.90 Å². The highest BCUT2D eigenvalue weighted by atomic mass is 16.5. The highest BCUT2D eigenvalue weighted by Gasteiger charge is 2.30. The minimum absolute atomic E-state index is 0.156. The average Bonchev–Trinajstić information content (AvgIpc) is 3.23. The van der Waals surface area contributed by atoms with Gasteiger partial charge >= 0.3 is 0 Å². The van der Waals surface area contributed by atoms with Crippen LogP contribution in [0.25, 0.3) is 0 Å². The third-order valence-corrected chi connectivity index (χ3v) is 5.44. The number of ether oxygens (including phenoxy) is 1. The third-order valence-electron chi connectivity index (χ3n) is 5.44. The van der Waals surface area contributed by atoms with Crippen LogP contribution in [0.3, 0.4) is 0 Å². The first-order valence-electron chi connectivity index (χ1n) is 9.55. The zero-order chi connectivity index (χ0) is 17.1. The molecule has 1 aromatic heterocycles. The van der Waals surface area contributed by atoms with Crippen molar-refractivity contribution < 1.29 is 9.53 Å². The average molecular weight is 345 g/mol. The van der Waals surface area contributed by atoms with Crippen LogP contribution in [0, 0.1) is 0 Å². The Hall–Kier alpha value is -1.89. The van der Waals surface area contributed by atoms with Crippen molar-refractivity contribution in [2.75, 3.05) is 55.7 Å². The van der Waals surface area contributed by atoms with Gasteiger partial charge in [-0.25, -0.2) is 0 Å². The molecule has 0 aliphatic carbocycles. The molecule has 25 heavy (non-hydrogen) atoms. The number of carbonyl (C=O) groups excluding carboxylic acids is 1. The quantitative estimate of drug-likeness (QED) is 0.823. The van der Waals surface area contributed by atoms with E-state index in [0.29, 0.717) is 0 Å². The lowest BCUT2D eigenvalue weighted by molar-refractivity contribution is -0.141. The number of hydrogen-bond donors (Lipinski definition) is 0. The van der Waals surface area contributed by atoms with Gasteiger partial charge in [0.15, 0.2) is 11.6 Å². The van der Waals surface area contributed by atoms with Crippen LogP contribution in [0.1, 0.15) is 32.1 Å². The summed E-state index contributed by atoms with van der Waals surface area (Å²) in [6.07, 6.45) is 5.44. The van der Waals surface area contributed by atoms with E-state index in [9.17, 15) is 4.79 Å². The topological polar surface area (TPSA) is 61.8 Å². The van der Waals surface area contributed by atoms with E-state index >= 15 is 0 Å². The minimum atomic E-state index is -0.213. The first kappa shape index (κ1) is 16.6. The van der Waals surface area contributed by atoms with Crippen LogP contribution in [0.5, 0.6) is 0 Å². The predicted molar refractivity (Wildman–Crippen MR) is 95.9 cm³/mol. The second-order valence-electron chi connectivity index (χ2n) is 7.11. The number of aromatic nitrogens is 2. The van der Waals surface area contributed by atoms with E-state index in [0.717, 1.165) is 70.4 Å². The Morgan fingerprint density at radius 3 is 2.08 bits per heavy atom. The monoisotopic (exact) mass is 345 g/mol. The summed E-state index contributed by atoms with van der Waals surface area (Å²) >= 11 is 0. The molecule has 1 unspecified atom stereocenters. The number of hydrogen-bond acceptors (Lipinski definition) is 6. The van der Waals surface area contributed by atoms with E-state index in [2.05, 4.69) is 32.1 Å². The summed E-state index contributed by atoms with van der Waals surface area (Å²) in [4.78, 5) is 18.9. The van der Waals surface area contributed by atoms with Crippen molar-refractivity contribution in [1.29, 1.82) is 0 Å². The van der Waals surface area contributed by atoms with Crippen molar-refractivity contribution >= 4 is 17.5 Å². The Morgan fingerprint density at radius 1 is 0.880 bits per heavy atom. The van der Waals surface area contributed by atoms with Crippen molar-refractivity contribution in [3.8, 4) is 0 Å². The first-order valence-corrected chi connectivity index (χ1v) is 9.55. The molecule has 0 spiro atoms. The molecular formula is C18H27N5O2. The van der Waals surface area contributed by atoms with Crippen LogP contribution >= 0.6 is 0 Å². The van der Waals surface area contributed by atoms with Crippen LogP contribution in [0.15, 0.2) is 12.1 Å². The maximum absolute atomic E-state index is 12.4. The lowest BCUT2D eigenvalue weighted by Crippen LogP contribution is -2.51. The third kappa shape index (κ3) is 3.71. The van der Waals surface area contributed by atoms with Gasteiger partial charge in [0.2, 0.25) is 0 Å². The number of amides is 1. The lowest BCUT2D eigenvalue weighted by Gasteiger charge is -2.36. The molecule has 1 atom stereocenters. The molecule has 0 saturated carbocycles. The van der Waals surface area contributed by atoms with Crippen molar-refractivity contribution in [2.45, 2.75) is 38.2 Å². The van der Waals surface area contributed by atoms with Crippen molar-refractivity contribution in [2.24, 2.45) is 0 Å². The first-order chi connectivity index (χ1) is 12.3. The SMILES string of the molecule is O=C(C1CCCO1)N1CCN(c2ccc(N3CCCCC3)nn2)CC1. The molecule has 3 aliphatic heterocycles. The summed E-state index contributed by atoms with van der Waals surface area (Å²) in [7, 11) is 0. The molecule has 1 amide bonds. The summed E-state index contributed by atoms with van der Waals surface area (Å²) in [5.41, 5.74) is 0. The zero-order valence-corrected chi connectivity index (χ0v) is 14.8. The van der Waals surface area contributed by atoms with Crippen LogP contribution in [0.4, 0.5) is 11.6 Å². The van der Waals surface area contributed by atoms with Crippen molar-refractivity contribution in [1.82, 2.24) is 15.1 Å². The minimum Gasteiger partial charge on any atom is -0.368 e. The van der Waals surface area contributed by atoms with Gasteiger partial charge in [-0.3, -0.25) is 4.79 Å². The molecule has 3 aliphatic rings. The maximum Gasteiger partial charge on any atom is 0.251 e. The van der Waals surface area contributed by atoms with Gasteiger partial charge in [0.1, 0.15) is 6.10 Å².